The van der Waals surface area contributed by atoms with Crippen LogP contribution in [0.25, 0.3) is 0 Å². The largest absolute Gasteiger partial charge is 0.377 e. The number of rotatable bonds is 5. The third-order valence-corrected chi connectivity index (χ3v) is 3.52. The molecular weight excluding hydrogens is 242 g/mol. The minimum absolute atomic E-state index is 0.0828. The molecule has 0 radical (unpaired) electrons. The van der Waals surface area contributed by atoms with Gasteiger partial charge >= 0.3 is 0 Å². The molecule has 0 fully saturated rings. The summed E-state index contributed by atoms with van der Waals surface area (Å²) >= 11 is 0. The van der Waals surface area contributed by atoms with E-state index in [-0.39, 0.29) is 6.04 Å². The Balaban J connectivity index is 2.18. The van der Waals surface area contributed by atoms with E-state index in [0.717, 1.165) is 11.3 Å². The summed E-state index contributed by atoms with van der Waals surface area (Å²) in [5.74, 6) is 0.610. The average Bonchev–Trinajstić information content (AvgIpc) is 2.40. The molecule has 0 unspecified atom stereocenters. The van der Waals surface area contributed by atoms with Crippen molar-refractivity contribution in [1.29, 1.82) is 0 Å². The van der Waals surface area contributed by atoms with Crippen LogP contribution < -0.4 is 5.32 Å². The molecule has 1 N–H and O–H groups in total. The summed E-state index contributed by atoms with van der Waals surface area (Å²) in [4.78, 5) is 0. The molecule has 0 spiro atoms. The number of anilines is 1. The van der Waals surface area contributed by atoms with Gasteiger partial charge in [0, 0.05) is 28.5 Å². The third-order valence-electron chi connectivity index (χ3n) is 2.72. The summed E-state index contributed by atoms with van der Waals surface area (Å²) in [5.41, 5.74) is 2.22. The molecule has 0 aliphatic carbocycles. The summed E-state index contributed by atoms with van der Waals surface area (Å²) in [5, 5.41) is 3.43. The zero-order valence-corrected chi connectivity index (χ0v) is 11.2. The van der Waals surface area contributed by atoms with E-state index in [2.05, 4.69) is 17.4 Å². The lowest BCUT2D eigenvalue weighted by Crippen LogP contribution is -2.17. The number of hydrogen-bond donors (Lipinski definition) is 1. The lowest BCUT2D eigenvalue weighted by atomic mass is 10.1. The van der Waals surface area contributed by atoms with Crippen molar-refractivity contribution in [2.75, 3.05) is 17.3 Å². The molecule has 3 heteroatoms. The lowest BCUT2D eigenvalue weighted by molar-refractivity contribution is 0.682. The normalized spacial score (nSPS) is 13.8. The van der Waals surface area contributed by atoms with E-state index in [1.54, 1.807) is 6.26 Å². The zero-order chi connectivity index (χ0) is 12.8. The molecule has 0 heterocycles. The first-order chi connectivity index (χ1) is 8.75. The number of nitrogens with one attached hydrogen (secondary N) is 1. The van der Waals surface area contributed by atoms with Crippen molar-refractivity contribution in [3.63, 3.8) is 0 Å². The Morgan fingerprint density at radius 2 is 1.56 bits per heavy atom. The van der Waals surface area contributed by atoms with Crippen LogP contribution in [0.4, 0.5) is 5.69 Å². The van der Waals surface area contributed by atoms with Crippen LogP contribution >= 0.6 is 0 Å². The molecule has 94 valence electrons. The van der Waals surface area contributed by atoms with Gasteiger partial charge in [-0.2, -0.15) is 0 Å². The number of hydrogen-bond acceptors (Lipinski definition) is 2. The molecule has 0 saturated heterocycles. The minimum Gasteiger partial charge on any atom is -0.377 e. The Labute approximate surface area is 111 Å². The van der Waals surface area contributed by atoms with Gasteiger partial charge in [-0.3, -0.25) is 4.21 Å². The van der Waals surface area contributed by atoms with Gasteiger partial charge < -0.3 is 5.32 Å². The molecule has 0 saturated carbocycles. The SMILES string of the molecule is C[S@](=O)C[C@H](Nc1ccccc1)c1ccccc1. The molecule has 2 aromatic rings. The van der Waals surface area contributed by atoms with E-state index in [1.807, 2.05) is 48.5 Å². The second-order valence-electron chi connectivity index (χ2n) is 4.21. The van der Waals surface area contributed by atoms with Crippen LogP contribution in [0.2, 0.25) is 0 Å². The summed E-state index contributed by atoms with van der Waals surface area (Å²) in [6, 6.07) is 20.2. The smallest absolute Gasteiger partial charge is 0.0629 e. The van der Waals surface area contributed by atoms with E-state index >= 15 is 0 Å². The van der Waals surface area contributed by atoms with Crippen LogP contribution in [0.5, 0.6) is 0 Å². The fraction of sp³-hybridized carbons (Fsp3) is 0.200. The Morgan fingerprint density at radius 3 is 2.11 bits per heavy atom. The topological polar surface area (TPSA) is 29.1 Å². The van der Waals surface area contributed by atoms with Gasteiger partial charge in [0.15, 0.2) is 0 Å². The molecule has 2 aromatic carbocycles. The number of benzene rings is 2. The van der Waals surface area contributed by atoms with Gasteiger partial charge in [0.25, 0.3) is 0 Å². The molecule has 18 heavy (non-hydrogen) atoms. The van der Waals surface area contributed by atoms with Crippen molar-refractivity contribution >= 4 is 16.5 Å². The molecule has 2 rings (SSSR count). The monoisotopic (exact) mass is 259 g/mol. The van der Waals surface area contributed by atoms with Gasteiger partial charge in [-0.15, -0.1) is 0 Å². The Morgan fingerprint density at radius 1 is 1.00 bits per heavy atom. The van der Waals surface area contributed by atoms with Crippen molar-refractivity contribution in [3.8, 4) is 0 Å². The van der Waals surface area contributed by atoms with Crippen molar-refractivity contribution in [1.82, 2.24) is 0 Å². The van der Waals surface area contributed by atoms with E-state index in [9.17, 15) is 4.21 Å². The second-order valence-corrected chi connectivity index (χ2v) is 5.69. The first kappa shape index (κ1) is 12.8. The van der Waals surface area contributed by atoms with Crippen molar-refractivity contribution in [3.05, 3.63) is 66.2 Å². The molecule has 0 aliphatic heterocycles. The van der Waals surface area contributed by atoms with Gasteiger partial charge in [-0.05, 0) is 17.7 Å². The van der Waals surface area contributed by atoms with Gasteiger partial charge in [0.1, 0.15) is 0 Å². The van der Waals surface area contributed by atoms with Gasteiger partial charge in [0.2, 0.25) is 0 Å². The predicted octanol–water partition coefficient (Wildman–Crippen LogP) is 3.22. The van der Waals surface area contributed by atoms with Crippen LogP contribution in [0.15, 0.2) is 60.7 Å². The van der Waals surface area contributed by atoms with E-state index in [1.165, 1.54) is 0 Å². The van der Waals surface area contributed by atoms with E-state index in [4.69, 9.17) is 0 Å². The Kier molecular flexibility index (Phi) is 4.53. The van der Waals surface area contributed by atoms with Crippen molar-refractivity contribution < 1.29 is 4.21 Å². The maximum Gasteiger partial charge on any atom is 0.0629 e. The van der Waals surface area contributed by atoms with Crippen LogP contribution in [0, 0.1) is 0 Å². The maximum absolute atomic E-state index is 11.5. The quantitative estimate of drug-likeness (QED) is 0.893. The summed E-state index contributed by atoms with van der Waals surface area (Å²) < 4.78 is 11.5. The zero-order valence-electron chi connectivity index (χ0n) is 10.4. The molecule has 0 aliphatic rings. The molecule has 0 aromatic heterocycles. The summed E-state index contributed by atoms with van der Waals surface area (Å²) in [6.45, 7) is 0. The van der Waals surface area contributed by atoms with Crippen LogP contribution in [0.1, 0.15) is 11.6 Å². The highest BCUT2D eigenvalue weighted by Crippen LogP contribution is 2.20. The minimum atomic E-state index is -0.832. The molecular formula is C15H17NOS. The van der Waals surface area contributed by atoms with Gasteiger partial charge in [-0.1, -0.05) is 48.5 Å². The third kappa shape index (κ3) is 3.70. The van der Waals surface area contributed by atoms with E-state index < -0.39 is 10.8 Å². The first-order valence-corrected chi connectivity index (χ1v) is 7.65. The molecule has 0 amide bonds. The van der Waals surface area contributed by atoms with Crippen molar-refractivity contribution in [2.24, 2.45) is 0 Å². The fourth-order valence-electron chi connectivity index (χ4n) is 1.88. The van der Waals surface area contributed by atoms with Crippen LogP contribution in [0.3, 0.4) is 0 Å². The number of para-hydroxylation sites is 1. The summed E-state index contributed by atoms with van der Waals surface area (Å²) in [6.07, 6.45) is 1.74. The van der Waals surface area contributed by atoms with Crippen LogP contribution in [-0.4, -0.2) is 16.2 Å². The Hall–Kier alpha value is -1.61. The van der Waals surface area contributed by atoms with Gasteiger partial charge in [-0.25, -0.2) is 0 Å². The highest BCUT2D eigenvalue weighted by atomic mass is 32.2. The van der Waals surface area contributed by atoms with Crippen LogP contribution in [-0.2, 0) is 10.8 Å². The summed E-state index contributed by atoms with van der Waals surface area (Å²) in [7, 11) is -0.832. The van der Waals surface area contributed by atoms with Crippen molar-refractivity contribution in [2.45, 2.75) is 6.04 Å². The standard InChI is InChI=1S/C15H17NOS/c1-18(17)12-15(13-8-4-2-5-9-13)16-14-10-6-3-7-11-14/h2-11,15-16H,12H2,1H3/t15-,18-/m0/s1. The lowest BCUT2D eigenvalue weighted by Gasteiger charge is -2.19. The van der Waals surface area contributed by atoms with Gasteiger partial charge in [0.05, 0.1) is 6.04 Å². The maximum atomic E-state index is 11.5. The highest BCUT2D eigenvalue weighted by molar-refractivity contribution is 7.84. The average molecular weight is 259 g/mol. The molecule has 0 bridgehead atoms. The molecule has 2 atom stereocenters. The second kappa shape index (κ2) is 6.36. The molecule has 2 nitrogen and oxygen atoms in total. The van der Waals surface area contributed by atoms with E-state index in [0.29, 0.717) is 5.75 Å². The fourth-order valence-corrected chi connectivity index (χ4v) is 2.62. The Bertz CT molecular complexity index is 498. The first-order valence-electron chi connectivity index (χ1n) is 5.92. The predicted molar refractivity (Wildman–Crippen MR) is 78.2 cm³/mol. The highest BCUT2D eigenvalue weighted by Gasteiger charge is 2.12.